The third-order valence-electron chi connectivity index (χ3n) is 5.43. The van der Waals surface area contributed by atoms with Gasteiger partial charge in [0.25, 0.3) is 17.7 Å². The van der Waals surface area contributed by atoms with Gasteiger partial charge < -0.3 is 9.64 Å². The van der Waals surface area contributed by atoms with Crippen LogP contribution in [0.4, 0.5) is 0 Å². The van der Waals surface area contributed by atoms with Crippen LogP contribution in [0.3, 0.4) is 0 Å². The van der Waals surface area contributed by atoms with E-state index in [9.17, 15) is 14.4 Å². The van der Waals surface area contributed by atoms with Gasteiger partial charge in [-0.25, -0.2) is 9.97 Å². The maximum atomic E-state index is 12.7. The zero-order chi connectivity index (χ0) is 21.8. The molecule has 0 saturated carbocycles. The highest BCUT2D eigenvalue weighted by atomic mass is 16.5. The van der Waals surface area contributed by atoms with Crippen molar-refractivity contribution >= 4 is 17.7 Å². The number of amides is 3. The van der Waals surface area contributed by atoms with Crippen LogP contribution in [0.5, 0.6) is 5.88 Å². The van der Waals surface area contributed by atoms with E-state index >= 15 is 0 Å². The topological polar surface area (TPSA) is 116 Å². The summed E-state index contributed by atoms with van der Waals surface area (Å²) in [6.45, 7) is 1.22. The van der Waals surface area contributed by atoms with Gasteiger partial charge in [-0.1, -0.05) is 12.1 Å². The van der Waals surface area contributed by atoms with Gasteiger partial charge in [-0.15, -0.1) is 0 Å². The number of piperidine rings is 1. The minimum atomic E-state index is -0.309. The second kappa shape index (κ2) is 8.92. The Morgan fingerprint density at radius 3 is 2.58 bits per heavy atom. The smallest absolute Gasteiger partial charge is 0.261 e. The highest BCUT2D eigenvalue weighted by Gasteiger charge is 2.35. The van der Waals surface area contributed by atoms with Crippen LogP contribution in [-0.2, 0) is 4.79 Å². The van der Waals surface area contributed by atoms with Crippen LogP contribution in [0.25, 0.3) is 0 Å². The molecule has 1 aromatic heterocycles. The van der Waals surface area contributed by atoms with Crippen molar-refractivity contribution in [3.05, 3.63) is 53.5 Å². The second-order valence-corrected chi connectivity index (χ2v) is 7.45. The van der Waals surface area contributed by atoms with E-state index in [1.165, 1.54) is 17.3 Å². The quantitative estimate of drug-likeness (QED) is 0.655. The first-order valence-corrected chi connectivity index (χ1v) is 10.2. The molecule has 0 N–H and O–H groups in total. The van der Waals surface area contributed by atoms with Crippen molar-refractivity contribution in [2.24, 2.45) is 0 Å². The van der Waals surface area contributed by atoms with Crippen molar-refractivity contribution in [3.8, 4) is 11.9 Å². The van der Waals surface area contributed by atoms with E-state index in [0.29, 0.717) is 30.6 Å². The number of imide groups is 1. The summed E-state index contributed by atoms with van der Waals surface area (Å²) in [6, 6.07) is 8.69. The molecule has 0 bridgehead atoms. The standard InChI is InChI=1S/C22H21N5O4/c23-13-18-20(25-10-9-24-18)31-15-5-3-11-26(14-15)19(28)8-4-12-27-21(29)16-6-1-2-7-17(16)22(27)30/h1-2,6-7,9-10,15H,3-5,8,11-12,14H2. The molecule has 1 fully saturated rings. The van der Waals surface area contributed by atoms with Crippen molar-refractivity contribution in [2.75, 3.05) is 19.6 Å². The Balaban J connectivity index is 1.29. The number of rotatable bonds is 6. The van der Waals surface area contributed by atoms with E-state index in [1.54, 1.807) is 29.2 Å². The average molecular weight is 419 g/mol. The van der Waals surface area contributed by atoms with E-state index in [1.807, 2.05) is 6.07 Å². The van der Waals surface area contributed by atoms with Crippen LogP contribution < -0.4 is 4.74 Å². The molecule has 9 heteroatoms. The number of nitrogens with zero attached hydrogens (tertiary/aromatic N) is 5. The van der Waals surface area contributed by atoms with Gasteiger partial charge >= 0.3 is 0 Å². The van der Waals surface area contributed by atoms with Gasteiger partial charge in [0.05, 0.1) is 17.7 Å². The monoisotopic (exact) mass is 419 g/mol. The molecule has 0 radical (unpaired) electrons. The Kier molecular flexibility index (Phi) is 5.89. The molecule has 31 heavy (non-hydrogen) atoms. The predicted octanol–water partition coefficient (Wildman–Crippen LogP) is 1.79. The Morgan fingerprint density at radius 2 is 1.87 bits per heavy atom. The van der Waals surface area contributed by atoms with Crippen molar-refractivity contribution in [3.63, 3.8) is 0 Å². The predicted molar refractivity (Wildman–Crippen MR) is 108 cm³/mol. The van der Waals surface area contributed by atoms with Crippen molar-refractivity contribution < 1.29 is 19.1 Å². The molecule has 2 aliphatic heterocycles. The lowest BCUT2D eigenvalue weighted by Crippen LogP contribution is -2.44. The van der Waals surface area contributed by atoms with Crippen LogP contribution in [-0.4, -0.2) is 63.2 Å². The van der Waals surface area contributed by atoms with Crippen LogP contribution in [0.1, 0.15) is 52.1 Å². The number of ether oxygens (including phenoxy) is 1. The number of fused-ring (bicyclic) bond motifs is 1. The third-order valence-corrected chi connectivity index (χ3v) is 5.43. The largest absolute Gasteiger partial charge is 0.470 e. The van der Waals surface area contributed by atoms with Gasteiger partial charge in [-0.05, 0) is 31.4 Å². The zero-order valence-corrected chi connectivity index (χ0v) is 16.9. The Bertz CT molecular complexity index is 1030. The Hall–Kier alpha value is -3.80. The lowest BCUT2D eigenvalue weighted by molar-refractivity contribution is -0.134. The fraction of sp³-hybridized carbons (Fsp3) is 0.364. The average Bonchev–Trinajstić information content (AvgIpc) is 3.04. The minimum absolute atomic E-state index is 0.0513. The van der Waals surface area contributed by atoms with Crippen LogP contribution in [0.15, 0.2) is 36.7 Å². The fourth-order valence-electron chi connectivity index (χ4n) is 3.90. The number of carbonyl (C=O) groups is 3. The van der Waals surface area contributed by atoms with Crippen LogP contribution >= 0.6 is 0 Å². The highest BCUT2D eigenvalue weighted by molar-refractivity contribution is 6.21. The van der Waals surface area contributed by atoms with Gasteiger partial charge in [0.15, 0.2) is 0 Å². The van der Waals surface area contributed by atoms with Crippen LogP contribution in [0.2, 0.25) is 0 Å². The number of aromatic nitrogens is 2. The lowest BCUT2D eigenvalue weighted by Gasteiger charge is -2.32. The molecule has 3 amide bonds. The summed E-state index contributed by atoms with van der Waals surface area (Å²) in [5.41, 5.74) is 0.943. The van der Waals surface area contributed by atoms with E-state index in [4.69, 9.17) is 10.00 Å². The van der Waals surface area contributed by atoms with Gasteiger partial charge in [-0.3, -0.25) is 19.3 Å². The first-order valence-electron chi connectivity index (χ1n) is 10.2. The molecule has 0 spiro atoms. The molecule has 1 saturated heterocycles. The summed E-state index contributed by atoms with van der Waals surface area (Å²) in [4.78, 5) is 48.4. The van der Waals surface area contributed by atoms with Crippen LogP contribution in [0, 0.1) is 11.3 Å². The van der Waals surface area contributed by atoms with E-state index in [2.05, 4.69) is 9.97 Å². The summed E-state index contributed by atoms with van der Waals surface area (Å²) in [5.74, 6) is -0.493. The molecule has 0 aliphatic carbocycles. The molecule has 9 nitrogen and oxygen atoms in total. The Morgan fingerprint density at radius 1 is 1.16 bits per heavy atom. The first kappa shape index (κ1) is 20.5. The number of hydrogen-bond donors (Lipinski definition) is 0. The maximum Gasteiger partial charge on any atom is 0.261 e. The Labute approximate surface area is 179 Å². The van der Waals surface area contributed by atoms with Gasteiger partial charge in [0.1, 0.15) is 12.2 Å². The van der Waals surface area contributed by atoms with E-state index in [0.717, 1.165) is 12.8 Å². The molecule has 3 heterocycles. The maximum absolute atomic E-state index is 12.7. The number of hydrogen-bond acceptors (Lipinski definition) is 7. The van der Waals surface area contributed by atoms with Crippen molar-refractivity contribution in [1.29, 1.82) is 5.26 Å². The molecule has 1 aromatic carbocycles. The summed E-state index contributed by atoms with van der Waals surface area (Å²) in [6.07, 6.45) is 4.77. The molecule has 1 atom stereocenters. The molecule has 2 aromatic rings. The second-order valence-electron chi connectivity index (χ2n) is 7.45. The SMILES string of the molecule is N#Cc1nccnc1OC1CCCN(C(=O)CCCN2C(=O)c3ccccc3C2=O)C1. The molecule has 2 aliphatic rings. The molecular weight excluding hydrogens is 398 g/mol. The number of carbonyl (C=O) groups excluding carboxylic acids is 3. The summed E-state index contributed by atoms with van der Waals surface area (Å²) >= 11 is 0. The van der Waals surface area contributed by atoms with Gasteiger partial charge in [-0.2, -0.15) is 5.26 Å². The summed E-state index contributed by atoms with van der Waals surface area (Å²) in [5, 5.41) is 9.12. The van der Waals surface area contributed by atoms with Crippen molar-refractivity contribution in [1.82, 2.24) is 19.8 Å². The summed E-state index contributed by atoms with van der Waals surface area (Å²) < 4.78 is 5.82. The molecule has 1 unspecified atom stereocenters. The van der Waals surface area contributed by atoms with Gasteiger partial charge in [0.2, 0.25) is 11.6 Å². The number of benzene rings is 1. The van der Waals surface area contributed by atoms with E-state index in [-0.39, 0.29) is 48.4 Å². The highest BCUT2D eigenvalue weighted by Crippen LogP contribution is 2.23. The third kappa shape index (κ3) is 4.23. The minimum Gasteiger partial charge on any atom is -0.470 e. The lowest BCUT2D eigenvalue weighted by atomic mass is 10.1. The molecule has 158 valence electrons. The molecule has 4 rings (SSSR count). The number of nitriles is 1. The van der Waals surface area contributed by atoms with E-state index < -0.39 is 0 Å². The zero-order valence-electron chi connectivity index (χ0n) is 16.9. The first-order chi connectivity index (χ1) is 15.1. The normalized spacial score (nSPS) is 18.0. The van der Waals surface area contributed by atoms with Gasteiger partial charge in [0, 0.05) is 31.9 Å². The van der Waals surface area contributed by atoms with Crippen molar-refractivity contribution in [2.45, 2.75) is 31.8 Å². The molecular formula is C22H21N5O4. The fourth-order valence-corrected chi connectivity index (χ4v) is 3.90. The summed E-state index contributed by atoms with van der Waals surface area (Å²) in [7, 11) is 0. The number of likely N-dealkylation sites (tertiary alicyclic amines) is 1.